The van der Waals surface area contributed by atoms with Gasteiger partial charge in [-0.05, 0) is 36.3 Å². The molecule has 1 amide bonds. The lowest BCUT2D eigenvalue weighted by molar-refractivity contribution is -0.146. The van der Waals surface area contributed by atoms with Crippen LogP contribution in [-0.2, 0) is 20.9 Å². The molecule has 0 fully saturated rings. The van der Waals surface area contributed by atoms with Crippen LogP contribution in [0.2, 0.25) is 0 Å². The van der Waals surface area contributed by atoms with Crippen molar-refractivity contribution < 1.29 is 14.3 Å². The average Bonchev–Trinajstić information content (AvgIpc) is 2.75. The van der Waals surface area contributed by atoms with Crippen molar-refractivity contribution in [2.24, 2.45) is 5.92 Å². The Bertz CT molecular complexity index is 836. The molecule has 0 spiro atoms. The van der Waals surface area contributed by atoms with Crippen molar-refractivity contribution >= 4 is 29.3 Å². The second-order valence-corrected chi connectivity index (χ2v) is 8.03. The number of benzene rings is 2. The van der Waals surface area contributed by atoms with Crippen molar-refractivity contribution in [3.05, 3.63) is 77.9 Å². The molecule has 152 valence electrons. The van der Waals surface area contributed by atoms with Crippen LogP contribution in [0, 0.1) is 5.92 Å². The number of rotatable bonds is 7. The Hall–Kier alpha value is -2.53. The predicted molar refractivity (Wildman–Crippen MR) is 118 cm³/mol. The Kier molecular flexibility index (Phi) is 7.94. The fraction of sp³-hybridized carbons (Fsp3) is 0.333. The van der Waals surface area contributed by atoms with Crippen LogP contribution in [0.1, 0.15) is 30.4 Å². The topological polar surface area (TPSA) is 46.6 Å². The lowest BCUT2D eigenvalue weighted by Crippen LogP contribution is -2.32. The molecule has 1 unspecified atom stereocenters. The third kappa shape index (κ3) is 5.97. The van der Waals surface area contributed by atoms with Crippen LogP contribution in [-0.4, -0.2) is 35.4 Å². The minimum atomic E-state index is -0.349. The van der Waals surface area contributed by atoms with Crippen molar-refractivity contribution in [2.45, 2.75) is 25.8 Å². The molecule has 1 atom stereocenters. The number of thioether (sulfide) groups is 1. The number of hydrogen-bond donors (Lipinski definition) is 0. The molecule has 0 saturated heterocycles. The van der Waals surface area contributed by atoms with Crippen molar-refractivity contribution in [3.8, 4) is 0 Å². The Labute approximate surface area is 176 Å². The first-order chi connectivity index (χ1) is 14.2. The normalized spacial score (nSPS) is 19.1. The summed E-state index contributed by atoms with van der Waals surface area (Å²) in [6, 6.07) is 19.8. The minimum Gasteiger partial charge on any atom is -0.464 e. The van der Waals surface area contributed by atoms with E-state index in [9.17, 15) is 9.59 Å². The first-order valence-electron chi connectivity index (χ1n) is 9.96. The summed E-state index contributed by atoms with van der Waals surface area (Å²) in [6.07, 6.45) is 5.64. The van der Waals surface area contributed by atoms with E-state index >= 15 is 0 Å². The maximum Gasteiger partial charge on any atom is 0.312 e. The summed E-state index contributed by atoms with van der Waals surface area (Å²) in [5, 5.41) is 0. The quantitative estimate of drug-likeness (QED) is 0.488. The first kappa shape index (κ1) is 21.2. The van der Waals surface area contributed by atoms with Gasteiger partial charge in [-0.2, -0.15) is 11.8 Å². The molecule has 0 aliphatic carbocycles. The van der Waals surface area contributed by atoms with Gasteiger partial charge in [0, 0.05) is 17.9 Å². The first-order valence-corrected chi connectivity index (χ1v) is 11.4. The monoisotopic (exact) mass is 409 g/mol. The summed E-state index contributed by atoms with van der Waals surface area (Å²) < 4.78 is 5.48. The number of amides is 1. The van der Waals surface area contributed by atoms with Crippen LogP contribution in [0.5, 0.6) is 0 Å². The molecule has 4 nitrogen and oxygen atoms in total. The zero-order valence-electron chi connectivity index (χ0n) is 16.8. The van der Waals surface area contributed by atoms with E-state index in [1.54, 1.807) is 11.8 Å². The summed E-state index contributed by atoms with van der Waals surface area (Å²) in [4.78, 5) is 27.5. The highest BCUT2D eigenvalue weighted by molar-refractivity contribution is 7.98. The van der Waals surface area contributed by atoms with E-state index in [1.807, 2.05) is 77.9 Å². The number of nitrogens with zero attached hydrogens (tertiary/aromatic N) is 1. The van der Waals surface area contributed by atoms with Crippen LogP contribution in [0.15, 0.2) is 66.7 Å². The number of carbonyl (C=O) groups is 2. The molecule has 0 bridgehead atoms. The molecule has 0 aromatic heterocycles. The van der Waals surface area contributed by atoms with Gasteiger partial charge in [-0.3, -0.25) is 9.59 Å². The van der Waals surface area contributed by atoms with Gasteiger partial charge in [-0.15, -0.1) is 0 Å². The smallest absolute Gasteiger partial charge is 0.312 e. The third-order valence-electron chi connectivity index (χ3n) is 4.94. The van der Waals surface area contributed by atoms with E-state index in [1.165, 1.54) is 0 Å². The molecule has 0 N–H and O–H groups in total. The molecule has 1 aliphatic rings. The standard InChI is InChI=1S/C24H27NO3S/c1-29-16-15-28-24(27)21-13-8-14-23(26)25(18-19-9-4-2-5-10-19)22(17-21)20-11-6-3-7-12-20/h2-7,9-12,17,21H,8,13-16,18H2,1H3/b22-17-. The minimum absolute atomic E-state index is 0.0816. The van der Waals surface area contributed by atoms with E-state index in [4.69, 9.17) is 4.74 Å². The number of ether oxygens (including phenoxy) is 1. The van der Waals surface area contributed by atoms with Crippen LogP contribution in [0.25, 0.3) is 5.70 Å². The maximum absolute atomic E-state index is 13.0. The van der Waals surface area contributed by atoms with Crippen LogP contribution in [0.3, 0.4) is 0 Å². The zero-order valence-corrected chi connectivity index (χ0v) is 17.6. The Morgan fingerprint density at radius 3 is 2.48 bits per heavy atom. The van der Waals surface area contributed by atoms with Crippen LogP contribution in [0.4, 0.5) is 0 Å². The van der Waals surface area contributed by atoms with Crippen molar-refractivity contribution in [2.75, 3.05) is 18.6 Å². The Morgan fingerprint density at radius 2 is 1.79 bits per heavy atom. The fourth-order valence-electron chi connectivity index (χ4n) is 3.43. The van der Waals surface area contributed by atoms with Gasteiger partial charge in [0.1, 0.15) is 6.61 Å². The van der Waals surface area contributed by atoms with Gasteiger partial charge in [0.2, 0.25) is 5.91 Å². The maximum atomic E-state index is 13.0. The summed E-state index contributed by atoms with van der Waals surface area (Å²) in [6.45, 7) is 0.895. The van der Waals surface area contributed by atoms with E-state index in [0.29, 0.717) is 32.4 Å². The average molecular weight is 410 g/mol. The summed E-state index contributed by atoms with van der Waals surface area (Å²) >= 11 is 1.65. The highest BCUT2D eigenvalue weighted by atomic mass is 32.2. The molecule has 0 radical (unpaired) electrons. The third-order valence-corrected chi connectivity index (χ3v) is 5.52. The number of hydrogen-bond acceptors (Lipinski definition) is 4. The molecule has 0 saturated carbocycles. The molecule has 3 rings (SSSR count). The molecule has 2 aromatic carbocycles. The molecule has 2 aromatic rings. The molecule has 1 aliphatic heterocycles. The zero-order chi connectivity index (χ0) is 20.5. The lowest BCUT2D eigenvalue weighted by atomic mass is 9.95. The summed E-state index contributed by atoms with van der Waals surface area (Å²) in [5.41, 5.74) is 2.77. The van der Waals surface area contributed by atoms with Gasteiger partial charge >= 0.3 is 5.97 Å². The summed E-state index contributed by atoms with van der Waals surface area (Å²) in [5.74, 6) is 0.310. The van der Waals surface area contributed by atoms with Crippen molar-refractivity contribution in [3.63, 3.8) is 0 Å². The molecular weight excluding hydrogens is 382 g/mol. The van der Waals surface area contributed by atoms with Gasteiger partial charge in [-0.1, -0.05) is 60.7 Å². The van der Waals surface area contributed by atoms with Gasteiger partial charge in [0.05, 0.1) is 12.5 Å². The predicted octanol–water partition coefficient (Wildman–Crippen LogP) is 4.76. The highest BCUT2D eigenvalue weighted by Crippen LogP contribution is 2.29. The molecular formula is C24H27NO3S. The molecule has 1 heterocycles. The SMILES string of the molecule is CSCCOC(=O)C1/C=C(/c2ccccc2)N(Cc2ccccc2)C(=O)CCC1. The van der Waals surface area contributed by atoms with E-state index in [-0.39, 0.29) is 17.8 Å². The van der Waals surface area contributed by atoms with Crippen molar-refractivity contribution in [1.82, 2.24) is 4.90 Å². The largest absolute Gasteiger partial charge is 0.464 e. The molecule has 5 heteroatoms. The lowest BCUT2D eigenvalue weighted by Gasteiger charge is -2.29. The molecule has 29 heavy (non-hydrogen) atoms. The van der Waals surface area contributed by atoms with E-state index in [0.717, 1.165) is 22.6 Å². The van der Waals surface area contributed by atoms with E-state index in [2.05, 4.69) is 0 Å². The number of carbonyl (C=O) groups excluding carboxylic acids is 2. The Morgan fingerprint density at radius 1 is 1.10 bits per heavy atom. The Balaban J connectivity index is 1.95. The van der Waals surface area contributed by atoms with Gasteiger partial charge in [0.15, 0.2) is 0 Å². The second-order valence-electron chi connectivity index (χ2n) is 7.04. The number of esters is 1. The second kappa shape index (κ2) is 10.9. The summed E-state index contributed by atoms with van der Waals surface area (Å²) in [7, 11) is 0. The van der Waals surface area contributed by atoms with Crippen LogP contribution < -0.4 is 0 Å². The van der Waals surface area contributed by atoms with Gasteiger partial charge in [-0.25, -0.2) is 0 Å². The highest BCUT2D eigenvalue weighted by Gasteiger charge is 2.27. The van der Waals surface area contributed by atoms with Gasteiger partial charge < -0.3 is 9.64 Å². The van der Waals surface area contributed by atoms with E-state index < -0.39 is 0 Å². The van der Waals surface area contributed by atoms with Crippen LogP contribution >= 0.6 is 11.8 Å². The fourth-order valence-corrected chi connectivity index (χ4v) is 3.68. The van der Waals surface area contributed by atoms with Gasteiger partial charge in [0.25, 0.3) is 0 Å². The van der Waals surface area contributed by atoms with Crippen molar-refractivity contribution in [1.29, 1.82) is 0 Å².